The predicted octanol–water partition coefficient (Wildman–Crippen LogP) is 2.22. The first-order valence-electron chi connectivity index (χ1n) is 5.34. The van der Waals surface area contributed by atoms with Gasteiger partial charge in [-0.25, -0.2) is 4.98 Å². The van der Waals surface area contributed by atoms with Gasteiger partial charge in [0.2, 0.25) is 6.04 Å². The Morgan fingerprint density at radius 3 is 2.82 bits per heavy atom. The van der Waals surface area contributed by atoms with Gasteiger partial charge >= 0.3 is 0 Å². The van der Waals surface area contributed by atoms with Crippen LogP contribution < -0.4 is 0 Å². The van der Waals surface area contributed by atoms with Crippen LogP contribution in [-0.4, -0.2) is 21.7 Å². The number of halogens is 1. The monoisotopic (exact) mass is 254 g/mol. The Kier molecular flexibility index (Phi) is 3.38. The molecule has 2 atom stereocenters. The van der Waals surface area contributed by atoms with Gasteiger partial charge < -0.3 is 0 Å². The van der Waals surface area contributed by atoms with Gasteiger partial charge in [-0.3, -0.25) is 14.9 Å². The third kappa shape index (κ3) is 2.61. The van der Waals surface area contributed by atoms with E-state index in [4.69, 9.17) is 11.6 Å². The normalized spacial score (nSPS) is 24.6. The lowest BCUT2D eigenvalue weighted by atomic mass is 9.80. The number of aromatic nitrogens is 1. The molecule has 6 heteroatoms. The number of nitro groups is 1. The van der Waals surface area contributed by atoms with Gasteiger partial charge in [0.15, 0.2) is 0 Å². The third-order valence-electron chi connectivity index (χ3n) is 3.08. The van der Waals surface area contributed by atoms with Crippen molar-refractivity contribution in [3.8, 4) is 0 Å². The predicted molar refractivity (Wildman–Crippen MR) is 61.6 cm³/mol. The first-order chi connectivity index (χ1) is 8.08. The maximum Gasteiger partial charge on any atom is 0.220 e. The van der Waals surface area contributed by atoms with Crippen molar-refractivity contribution in [1.82, 2.24) is 4.98 Å². The molecule has 1 fully saturated rings. The summed E-state index contributed by atoms with van der Waals surface area (Å²) in [5.41, 5.74) is 0.712. The maximum atomic E-state index is 11.4. The first kappa shape index (κ1) is 12.0. The van der Waals surface area contributed by atoms with E-state index in [2.05, 4.69) is 4.98 Å². The first-order valence-corrected chi connectivity index (χ1v) is 5.72. The van der Waals surface area contributed by atoms with Gasteiger partial charge in [0, 0.05) is 30.4 Å². The Morgan fingerprint density at radius 1 is 1.47 bits per heavy atom. The fourth-order valence-corrected chi connectivity index (χ4v) is 2.30. The van der Waals surface area contributed by atoms with Gasteiger partial charge in [-0.1, -0.05) is 17.7 Å². The van der Waals surface area contributed by atoms with Gasteiger partial charge in [0.25, 0.3) is 0 Å². The van der Waals surface area contributed by atoms with E-state index in [9.17, 15) is 14.9 Å². The molecule has 0 bridgehead atoms. The van der Waals surface area contributed by atoms with Gasteiger partial charge in [-0.2, -0.15) is 0 Å². The van der Waals surface area contributed by atoms with Crippen LogP contribution in [-0.2, 0) is 4.79 Å². The highest BCUT2D eigenvalue weighted by atomic mass is 35.5. The zero-order valence-electron chi connectivity index (χ0n) is 9.01. The van der Waals surface area contributed by atoms with Crippen molar-refractivity contribution in [2.45, 2.75) is 31.2 Å². The van der Waals surface area contributed by atoms with Crippen molar-refractivity contribution in [3.05, 3.63) is 39.2 Å². The molecule has 0 aromatic carbocycles. The summed E-state index contributed by atoms with van der Waals surface area (Å²) in [5, 5.41) is 11.3. The van der Waals surface area contributed by atoms with Crippen LogP contribution in [0.1, 0.15) is 30.7 Å². The minimum atomic E-state index is -0.698. The molecule has 0 spiro atoms. The number of hydrogen-bond acceptors (Lipinski definition) is 4. The van der Waals surface area contributed by atoms with Crippen LogP contribution in [0.2, 0.25) is 5.15 Å². The molecule has 5 nitrogen and oxygen atoms in total. The Balaban J connectivity index is 2.28. The molecule has 1 aliphatic carbocycles. The summed E-state index contributed by atoms with van der Waals surface area (Å²) in [6.45, 7) is 0. The minimum Gasteiger partial charge on any atom is -0.300 e. The average Bonchev–Trinajstić information content (AvgIpc) is 2.29. The van der Waals surface area contributed by atoms with Crippen LogP contribution in [0.5, 0.6) is 0 Å². The summed E-state index contributed by atoms with van der Waals surface area (Å²) in [6, 6.07) is 2.60. The summed E-state index contributed by atoms with van der Waals surface area (Å²) < 4.78 is 0. The lowest BCUT2D eigenvalue weighted by Crippen LogP contribution is -2.34. The standard InChI is InChI=1S/C11H11ClN2O3/c12-11-4-1-7(6-13-11)9-5-8(15)2-3-10(9)14(16)17/h1,4,6,9-10H,2-3,5H2/t9-,10+/m1/s1. The van der Waals surface area contributed by atoms with E-state index >= 15 is 0 Å². The lowest BCUT2D eigenvalue weighted by molar-refractivity contribution is -0.528. The molecule has 90 valence electrons. The number of carbonyl (C=O) groups is 1. The van der Waals surface area contributed by atoms with E-state index in [0.717, 1.165) is 0 Å². The molecule has 17 heavy (non-hydrogen) atoms. The largest absolute Gasteiger partial charge is 0.300 e. The highest BCUT2D eigenvalue weighted by Gasteiger charge is 2.38. The highest BCUT2D eigenvalue weighted by molar-refractivity contribution is 6.29. The number of rotatable bonds is 2. The van der Waals surface area contributed by atoms with Crippen LogP contribution >= 0.6 is 11.6 Å². The number of hydrogen-bond donors (Lipinski definition) is 0. The summed E-state index contributed by atoms with van der Waals surface area (Å²) in [7, 11) is 0. The second-order valence-corrected chi connectivity index (χ2v) is 4.54. The fraction of sp³-hybridized carbons (Fsp3) is 0.455. The summed E-state index contributed by atoms with van der Waals surface area (Å²) in [4.78, 5) is 26.0. The number of nitrogens with zero attached hydrogens (tertiary/aromatic N) is 2. The molecule has 1 aromatic rings. The molecule has 1 heterocycles. The number of carbonyl (C=O) groups excluding carboxylic acids is 1. The number of pyridine rings is 1. The molecule has 0 N–H and O–H groups in total. The molecular weight excluding hydrogens is 244 g/mol. The molecule has 0 aliphatic heterocycles. The van der Waals surface area contributed by atoms with Crippen molar-refractivity contribution in [2.75, 3.05) is 0 Å². The number of Topliss-reactive ketones (excluding diaryl/α,β-unsaturated/α-hetero) is 1. The van der Waals surface area contributed by atoms with E-state index in [1.165, 1.54) is 6.20 Å². The Hall–Kier alpha value is -1.49. The third-order valence-corrected chi connectivity index (χ3v) is 3.30. The molecular formula is C11H11ClN2O3. The highest BCUT2D eigenvalue weighted by Crippen LogP contribution is 2.32. The maximum absolute atomic E-state index is 11.4. The smallest absolute Gasteiger partial charge is 0.220 e. The van der Waals surface area contributed by atoms with Gasteiger partial charge in [0.05, 0.1) is 5.92 Å². The lowest BCUT2D eigenvalue weighted by Gasteiger charge is -2.24. The van der Waals surface area contributed by atoms with Crippen molar-refractivity contribution < 1.29 is 9.72 Å². The summed E-state index contributed by atoms with van der Waals surface area (Å²) in [5.74, 6) is -0.306. The second-order valence-electron chi connectivity index (χ2n) is 4.15. The summed E-state index contributed by atoms with van der Waals surface area (Å²) in [6.07, 6.45) is 2.33. The van der Waals surface area contributed by atoms with E-state index < -0.39 is 6.04 Å². The second kappa shape index (κ2) is 4.79. The Morgan fingerprint density at radius 2 is 2.24 bits per heavy atom. The van der Waals surface area contributed by atoms with E-state index in [1.807, 2.05) is 0 Å². The molecule has 1 saturated carbocycles. The Labute approximate surface area is 103 Å². The van der Waals surface area contributed by atoms with E-state index in [1.54, 1.807) is 12.1 Å². The quantitative estimate of drug-likeness (QED) is 0.461. The van der Waals surface area contributed by atoms with Gasteiger partial charge in [0.1, 0.15) is 10.9 Å². The zero-order valence-corrected chi connectivity index (χ0v) is 9.76. The molecule has 0 saturated heterocycles. The van der Waals surface area contributed by atoms with Crippen molar-refractivity contribution in [2.24, 2.45) is 0 Å². The summed E-state index contributed by atoms with van der Waals surface area (Å²) >= 11 is 5.67. The van der Waals surface area contributed by atoms with Crippen LogP contribution in [0, 0.1) is 10.1 Å². The average molecular weight is 255 g/mol. The molecule has 2 rings (SSSR count). The molecule has 0 amide bonds. The van der Waals surface area contributed by atoms with Gasteiger partial charge in [-0.15, -0.1) is 0 Å². The van der Waals surface area contributed by atoms with Crippen molar-refractivity contribution >= 4 is 17.4 Å². The van der Waals surface area contributed by atoms with Gasteiger partial charge in [-0.05, 0) is 11.6 Å². The minimum absolute atomic E-state index is 0.0723. The topological polar surface area (TPSA) is 73.1 Å². The molecule has 1 aromatic heterocycles. The van der Waals surface area contributed by atoms with Crippen LogP contribution in [0.15, 0.2) is 18.3 Å². The number of ketones is 1. The SMILES string of the molecule is O=C1CC[C@H]([N+](=O)[O-])[C@@H](c2ccc(Cl)nc2)C1. The van der Waals surface area contributed by atoms with E-state index in [-0.39, 0.29) is 23.0 Å². The fourth-order valence-electron chi connectivity index (χ4n) is 2.19. The van der Waals surface area contributed by atoms with E-state index in [0.29, 0.717) is 23.6 Å². The van der Waals surface area contributed by atoms with Crippen molar-refractivity contribution in [1.29, 1.82) is 0 Å². The van der Waals surface area contributed by atoms with Crippen LogP contribution in [0.3, 0.4) is 0 Å². The Bertz CT molecular complexity index is 447. The van der Waals surface area contributed by atoms with Crippen LogP contribution in [0.4, 0.5) is 0 Å². The molecule has 1 aliphatic rings. The molecule has 0 radical (unpaired) electrons. The zero-order chi connectivity index (χ0) is 12.4. The van der Waals surface area contributed by atoms with Crippen molar-refractivity contribution in [3.63, 3.8) is 0 Å². The van der Waals surface area contributed by atoms with Crippen LogP contribution in [0.25, 0.3) is 0 Å². The molecule has 0 unspecified atom stereocenters.